The largest absolute Gasteiger partial charge is 0.484 e. The molecule has 0 fully saturated rings. The Bertz CT molecular complexity index is 801. The molecule has 6 nitrogen and oxygen atoms in total. The Labute approximate surface area is 164 Å². The summed E-state index contributed by atoms with van der Waals surface area (Å²) in [7, 11) is 1.29. The van der Waals surface area contributed by atoms with Gasteiger partial charge in [-0.2, -0.15) is 0 Å². The quantitative estimate of drug-likeness (QED) is 0.532. The summed E-state index contributed by atoms with van der Waals surface area (Å²) in [5.41, 5.74) is 1.14. The van der Waals surface area contributed by atoms with E-state index in [0.717, 1.165) is 6.42 Å². The molecule has 2 aromatic carbocycles. The Morgan fingerprint density at radius 2 is 1.57 bits per heavy atom. The van der Waals surface area contributed by atoms with Crippen molar-refractivity contribution >= 4 is 17.7 Å². The number of nitrogens with one attached hydrogen (secondary N) is 1. The van der Waals surface area contributed by atoms with Crippen LogP contribution >= 0.6 is 0 Å². The van der Waals surface area contributed by atoms with E-state index in [4.69, 9.17) is 9.47 Å². The van der Waals surface area contributed by atoms with Gasteiger partial charge in [-0.25, -0.2) is 4.79 Å². The highest BCUT2D eigenvalue weighted by Crippen LogP contribution is 2.16. The fraction of sp³-hybridized carbons (Fsp3) is 0.318. The van der Waals surface area contributed by atoms with Gasteiger partial charge in [0.25, 0.3) is 5.91 Å². The van der Waals surface area contributed by atoms with Crippen LogP contribution in [0.1, 0.15) is 36.2 Å². The molecule has 0 saturated carbocycles. The Morgan fingerprint density at radius 3 is 2.14 bits per heavy atom. The lowest BCUT2D eigenvalue weighted by Crippen LogP contribution is -2.47. The summed E-state index contributed by atoms with van der Waals surface area (Å²) in [5.74, 6) is -0.580. The van der Waals surface area contributed by atoms with E-state index in [1.165, 1.54) is 7.11 Å². The van der Waals surface area contributed by atoms with Crippen LogP contribution in [-0.4, -0.2) is 37.4 Å². The van der Waals surface area contributed by atoms with Crippen molar-refractivity contribution in [3.63, 3.8) is 0 Å². The maximum absolute atomic E-state index is 12.4. The Kier molecular flexibility index (Phi) is 7.75. The molecule has 0 saturated heterocycles. The molecule has 0 heterocycles. The van der Waals surface area contributed by atoms with Gasteiger partial charge in [-0.15, -0.1) is 0 Å². The minimum Gasteiger partial charge on any atom is -0.484 e. The molecule has 0 aliphatic rings. The van der Waals surface area contributed by atoms with Crippen LogP contribution in [0.2, 0.25) is 0 Å². The van der Waals surface area contributed by atoms with Crippen molar-refractivity contribution < 1.29 is 23.9 Å². The third-order valence-electron chi connectivity index (χ3n) is 4.51. The van der Waals surface area contributed by atoms with Crippen LogP contribution in [0.25, 0.3) is 0 Å². The third-order valence-corrected chi connectivity index (χ3v) is 4.51. The molecule has 0 unspecified atom stereocenters. The molecule has 1 amide bonds. The number of esters is 1. The van der Waals surface area contributed by atoms with Gasteiger partial charge in [-0.3, -0.25) is 9.59 Å². The smallest absolute Gasteiger partial charge is 0.328 e. The van der Waals surface area contributed by atoms with E-state index in [0.29, 0.717) is 16.9 Å². The number of rotatable bonds is 9. The van der Waals surface area contributed by atoms with Gasteiger partial charge >= 0.3 is 5.97 Å². The Morgan fingerprint density at radius 1 is 0.964 bits per heavy atom. The summed E-state index contributed by atoms with van der Waals surface area (Å²) in [6.07, 6.45) is 0.720. The second-order valence-corrected chi connectivity index (χ2v) is 6.46. The third kappa shape index (κ3) is 5.67. The van der Waals surface area contributed by atoms with Crippen molar-refractivity contribution in [1.29, 1.82) is 0 Å². The molecule has 0 bridgehead atoms. The average Bonchev–Trinajstić information content (AvgIpc) is 2.75. The fourth-order valence-corrected chi connectivity index (χ4v) is 2.62. The van der Waals surface area contributed by atoms with Crippen LogP contribution in [0.4, 0.5) is 0 Å². The molecule has 0 spiro atoms. The summed E-state index contributed by atoms with van der Waals surface area (Å²) >= 11 is 0. The van der Waals surface area contributed by atoms with Gasteiger partial charge < -0.3 is 14.8 Å². The molecular weight excluding hydrogens is 358 g/mol. The lowest BCUT2D eigenvalue weighted by molar-refractivity contribution is -0.146. The minimum absolute atomic E-state index is 0.0558. The van der Waals surface area contributed by atoms with Gasteiger partial charge in [0.05, 0.1) is 7.11 Å². The lowest BCUT2D eigenvalue weighted by atomic mass is 9.99. The van der Waals surface area contributed by atoms with Crippen molar-refractivity contribution in [2.24, 2.45) is 5.92 Å². The van der Waals surface area contributed by atoms with Gasteiger partial charge in [-0.05, 0) is 30.2 Å². The molecular formula is C22H25NO5. The Hall–Kier alpha value is -3.15. The number of hydrogen-bond acceptors (Lipinski definition) is 5. The first-order chi connectivity index (χ1) is 13.5. The van der Waals surface area contributed by atoms with Gasteiger partial charge in [0.15, 0.2) is 12.4 Å². The molecule has 148 valence electrons. The van der Waals surface area contributed by atoms with Gasteiger partial charge in [-0.1, -0.05) is 50.6 Å². The number of hydrogen-bond donors (Lipinski definition) is 1. The number of amides is 1. The molecule has 2 aromatic rings. The minimum atomic E-state index is -0.711. The molecule has 0 radical (unpaired) electrons. The maximum Gasteiger partial charge on any atom is 0.328 e. The van der Waals surface area contributed by atoms with Crippen LogP contribution in [0.15, 0.2) is 54.6 Å². The molecule has 1 N–H and O–H groups in total. The highest BCUT2D eigenvalue weighted by Gasteiger charge is 2.26. The number of benzene rings is 2. The summed E-state index contributed by atoms with van der Waals surface area (Å²) in [4.78, 5) is 36.3. The standard InChI is InChI=1S/C22H25NO5/c1-4-15(2)20(22(26)27-3)23-19(24)14-28-18-12-10-17(11-13-18)21(25)16-8-6-5-7-9-16/h5-13,15,20H,4,14H2,1-3H3,(H,23,24)/t15-,20+/m1/s1. The molecule has 0 aliphatic carbocycles. The average molecular weight is 383 g/mol. The lowest BCUT2D eigenvalue weighted by Gasteiger charge is -2.21. The Balaban J connectivity index is 1.92. The van der Waals surface area contributed by atoms with Crippen molar-refractivity contribution in [3.8, 4) is 5.75 Å². The summed E-state index contributed by atoms with van der Waals surface area (Å²) in [6, 6.07) is 14.8. The number of methoxy groups -OCH3 is 1. The monoisotopic (exact) mass is 383 g/mol. The predicted molar refractivity (Wildman–Crippen MR) is 105 cm³/mol. The topological polar surface area (TPSA) is 81.7 Å². The molecule has 0 aromatic heterocycles. The summed E-state index contributed by atoms with van der Waals surface area (Å²) in [5, 5.41) is 2.65. The number of carbonyl (C=O) groups is 3. The van der Waals surface area contributed by atoms with Crippen LogP contribution in [0.3, 0.4) is 0 Å². The zero-order valence-corrected chi connectivity index (χ0v) is 16.3. The normalized spacial score (nSPS) is 12.5. The van der Waals surface area contributed by atoms with Crippen molar-refractivity contribution in [2.45, 2.75) is 26.3 Å². The van der Waals surface area contributed by atoms with E-state index in [1.54, 1.807) is 36.4 Å². The van der Waals surface area contributed by atoms with Gasteiger partial charge in [0, 0.05) is 11.1 Å². The molecule has 2 rings (SSSR count). The number of ketones is 1. The van der Waals surface area contributed by atoms with Crippen LogP contribution in [0.5, 0.6) is 5.75 Å². The zero-order chi connectivity index (χ0) is 20.5. The van der Waals surface area contributed by atoms with E-state index in [2.05, 4.69) is 5.32 Å². The highest BCUT2D eigenvalue weighted by atomic mass is 16.5. The highest BCUT2D eigenvalue weighted by molar-refractivity contribution is 6.09. The van der Waals surface area contributed by atoms with Crippen LogP contribution in [-0.2, 0) is 14.3 Å². The first-order valence-corrected chi connectivity index (χ1v) is 9.16. The van der Waals surface area contributed by atoms with E-state index < -0.39 is 17.9 Å². The molecule has 0 aliphatic heterocycles. The van der Waals surface area contributed by atoms with Crippen LogP contribution in [0, 0.1) is 5.92 Å². The van der Waals surface area contributed by atoms with Crippen molar-refractivity contribution in [1.82, 2.24) is 5.32 Å². The zero-order valence-electron chi connectivity index (χ0n) is 16.3. The SMILES string of the molecule is CC[C@@H](C)[C@H](NC(=O)COc1ccc(C(=O)c2ccccc2)cc1)C(=O)OC. The first kappa shape index (κ1) is 21.2. The van der Waals surface area contributed by atoms with E-state index in [1.807, 2.05) is 32.0 Å². The molecule has 6 heteroatoms. The van der Waals surface area contributed by atoms with Gasteiger partial charge in [0.1, 0.15) is 11.8 Å². The van der Waals surface area contributed by atoms with Crippen molar-refractivity contribution in [2.75, 3.05) is 13.7 Å². The second-order valence-electron chi connectivity index (χ2n) is 6.46. The molecule has 2 atom stereocenters. The first-order valence-electron chi connectivity index (χ1n) is 9.16. The van der Waals surface area contributed by atoms with E-state index in [-0.39, 0.29) is 18.3 Å². The van der Waals surface area contributed by atoms with E-state index >= 15 is 0 Å². The summed E-state index contributed by atoms with van der Waals surface area (Å²) < 4.78 is 10.2. The van der Waals surface area contributed by atoms with Crippen molar-refractivity contribution in [3.05, 3.63) is 65.7 Å². The molecule has 28 heavy (non-hydrogen) atoms. The number of carbonyl (C=O) groups excluding carboxylic acids is 3. The maximum atomic E-state index is 12.4. The van der Waals surface area contributed by atoms with E-state index in [9.17, 15) is 14.4 Å². The summed E-state index contributed by atoms with van der Waals surface area (Å²) in [6.45, 7) is 3.56. The van der Waals surface area contributed by atoms with Crippen LogP contribution < -0.4 is 10.1 Å². The number of ether oxygens (including phenoxy) is 2. The fourth-order valence-electron chi connectivity index (χ4n) is 2.62. The second kappa shape index (κ2) is 10.3. The predicted octanol–water partition coefficient (Wildman–Crippen LogP) is 3.00. The van der Waals surface area contributed by atoms with Gasteiger partial charge in [0.2, 0.25) is 0 Å².